The third kappa shape index (κ3) is 6.30. The van der Waals surface area contributed by atoms with E-state index in [1.807, 2.05) is 0 Å². The molecule has 0 saturated heterocycles. The molecule has 13 aromatic carbocycles. The lowest BCUT2D eigenvalue weighted by atomic mass is 9.84. The zero-order valence-corrected chi connectivity index (χ0v) is 37.6. The van der Waals surface area contributed by atoms with Gasteiger partial charge in [0.2, 0.25) is 0 Å². The van der Waals surface area contributed by atoms with Crippen LogP contribution in [0.15, 0.2) is 255 Å². The van der Waals surface area contributed by atoms with Gasteiger partial charge in [0.1, 0.15) is 5.82 Å². The predicted octanol–water partition coefficient (Wildman–Crippen LogP) is 18.3. The number of fused-ring (bicyclic) bond motifs is 7. The van der Waals surface area contributed by atoms with Gasteiger partial charge in [-0.15, -0.1) is 0 Å². The number of benzene rings is 13. The van der Waals surface area contributed by atoms with Crippen molar-refractivity contribution in [1.82, 2.24) is 9.55 Å². The molecule has 0 fully saturated rings. The number of imidazole rings is 1. The Balaban J connectivity index is 0.910. The quantitative estimate of drug-likeness (QED) is 0.152. The Morgan fingerprint density at radius 2 is 0.609 bits per heavy atom. The third-order valence-electron chi connectivity index (χ3n) is 14.3. The summed E-state index contributed by atoms with van der Waals surface area (Å²) in [5.41, 5.74) is 14.1. The summed E-state index contributed by atoms with van der Waals surface area (Å²) < 4.78 is 2.28. The molecule has 2 nitrogen and oxygen atoms in total. The lowest BCUT2D eigenvalue weighted by Crippen LogP contribution is -1.97. The second kappa shape index (κ2) is 15.8. The van der Waals surface area contributed by atoms with Crippen molar-refractivity contribution in [2.24, 2.45) is 0 Å². The zero-order valence-electron chi connectivity index (χ0n) is 37.6. The minimum absolute atomic E-state index is 0.924. The van der Waals surface area contributed by atoms with E-state index in [4.69, 9.17) is 4.98 Å². The van der Waals surface area contributed by atoms with E-state index >= 15 is 0 Å². The Kier molecular flexibility index (Phi) is 8.93. The lowest BCUT2D eigenvalue weighted by molar-refractivity contribution is 1.10. The van der Waals surface area contributed by atoms with Crippen LogP contribution in [0, 0.1) is 0 Å². The van der Waals surface area contributed by atoms with Gasteiger partial charge >= 0.3 is 0 Å². The number of aromatic nitrogens is 2. The average molecular weight is 875 g/mol. The largest absolute Gasteiger partial charge is 0.292 e. The van der Waals surface area contributed by atoms with Crippen molar-refractivity contribution in [2.45, 2.75) is 0 Å². The Labute approximate surface area is 399 Å². The van der Waals surface area contributed by atoms with Gasteiger partial charge in [-0.3, -0.25) is 4.57 Å². The summed E-state index contributed by atoms with van der Waals surface area (Å²) in [6.07, 6.45) is 0. The molecular formula is C67H42N2. The van der Waals surface area contributed by atoms with Crippen molar-refractivity contribution >= 4 is 75.7 Å². The Hall–Kier alpha value is -9.11. The van der Waals surface area contributed by atoms with Gasteiger partial charge < -0.3 is 0 Å². The first kappa shape index (κ1) is 39.1. The van der Waals surface area contributed by atoms with Crippen LogP contribution in [0.25, 0.3) is 137 Å². The van der Waals surface area contributed by atoms with E-state index < -0.39 is 0 Å². The van der Waals surface area contributed by atoms with E-state index in [1.54, 1.807) is 0 Å². The topological polar surface area (TPSA) is 17.8 Å². The average Bonchev–Trinajstić information content (AvgIpc) is 3.81. The van der Waals surface area contributed by atoms with Gasteiger partial charge in [0.05, 0.1) is 11.0 Å². The molecule has 0 N–H and O–H groups in total. The maximum Gasteiger partial charge on any atom is 0.145 e. The molecule has 0 saturated carbocycles. The maximum absolute atomic E-state index is 5.23. The van der Waals surface area contributed by atoms with Crippen molar-refractivity contribution in [3.63, 3.8) is 0 Å². The number of para-hydroxylation sites is 3. The second-order valence-corrected chi connectivity index (χ2v) is 18.2. The first-order chi connectivity index (χ1) is 34.2. The molecule has 1 heterocycles. The summed E-state index contributed by atoms with van der Waals surface area (Å²) in [7, 11) is 0. The van der Waals surface area contributed by atoms with E-state index in [2.05, 4.69) is 259 Å². The van der Waals surface area contributed by atoms with Crippen LogP contribution in [0.1, 0.15) is 0 Å². The summed E-state index contributed by atoms with van der Waals surface area (Å²) in [5, 5.41) is 14.9. The van der Waals surface area contributed by atoms with Gasteiger partial charge in [-0.05, 0) is 158 Å². The van der Waals surface area contributed by atoms with Crippen LogP contribution in [0.5, 0.6) is 0 Å². The minimum Gasteiger partial charge on any atom is -0.292 e. The molecule has 69 heavy (non-hydrogen) atoms. The van der Waals surface area contributed by atoms with E-state index in [1.165, 1.54) is 104 Å². The molecule has 1 aromatic heterocycles. The van der Waals surface area contributed by atoms with E-state index in [-0.39, 0.29) is 0 Å². The molecule has 0 spiro atoms. The molecule has 14 rings (SSSR count). The lowest BCUT2D eigenvalue weighted by Gasteiger charge is -2.19. The van der Waals surface area contributed by atoms with Crippen LogP contribution in [-0.2, 0) is 0 Å². The molecule has 320 valence electrons. The molecule has 0 aliphatic carbocycles. The highest BCUT2D eigenvalue weighted by Crippen LogP contribution is 2.47. The predicted molar refractivity (Wildman–Crippen MR) is 293 cm³/mol. The summed E-state index contributed by atoms with van der Waals surface area (Å²) in [6.45, 7) is 0. The zero-order chi connectivity index (χ0) is 45.4. The molecule has 0 aliphatic heterocycles. The number of nitrogens with zero attached hydrogens (tertiary/aromatic N) is 2. The fraction of sp³-hybridized carbons (Fsp3) is 0. The molecular weight excluding hydrogens is 833 g/mol. The van der Waals surface area contributed by atoms with E-state index in [0.29, 0.717) is 0 Å². The number of hydrogen-bond acceptors (Lipinski definition) is 1. The van der Waals surface area contributed by atoms with Crippen LogP contribution in [0.4, 0.5) is 0 Å². The molecule has 14 aromatic rings. The van der Waals surface area contributed by atoms with Gasteiger partial charge in [-0.1, -0.05) is 206 Å². The third-order valence-corrected chi connectivity index (χ3v) is 14.3. The Morgan fingerprint density at radius 1 is 0.246 bits per heavy atom. The van der Waals surface area contributed by atoms with Crippen LogP contribution in [0.3, 0.4) is 0 Å². The molecule has 0 bridgehead atoms. The van der Waals surface area contributed by atoms with Crippen LogP contribution in [-0.4, -0.2) is 9.55 Å². The van der Waals surface area contributed by atoms with Crippen LogP contribution < -0.4 is 0 Å². The monoisotopic (exact) mass is 874 g/mol. The summed E-state index contributed by atoms with van der Waals surface area (Å²) >= 11 is 0. The molecule has 0 aliphatic rings. The van der Waals surface area contributed by atoms with Crippen LogP contribution >= 0.6 is 0 Å². The Morgan fingerprint density at radius 3 is 1.10 bits per heavy atom. The van der Waals surface area contributed by atoms with Crippen molar-refractivity contribution in [1.29, 1.82) is 0 Å². The molecule has 0 amide bonds. The van der Waals surface area contributed by atoms with Gasteiger partial charge in [0.15, 0.2) is 0 Å². The standard InChI is InChI=1S/C67H42N2/c1-2-21-52(22-3-1)69-62-32-15-14-31-61(62)68-67(69)51-20-16-19-47(42-51)63-53-23-6-8-25-55(53)65(56-26-9-7-24-54(56)63)49-37-34-46-41-50(38-35-45(46)40-49)66-59-29-12-10-27-57(59)64(58-28-11-13-30-60(58)66)48-36-33-43-17-4-5-18-44(43)39-48/h1-42H. The Bertz CT molecular complexity index is 4250. The number of rotatable bonds is 6. The normalized spacial score (nSPS) is 11.8. The molecule has 0 radical (unpaired) electrons. The van der Waals surface area contributed by atoms with Crippen molar-refractivity contribution in [3.05, 3.63) is 255 Å². The van der Waals surface area contributed by atoms with Crippen LogP contribution in [0.2, 0.25) is 0 Å². The summed E-state index contributed by atoms with van der Waals surface area (Å²) in [5.74, 6) is 0.924. The summed E-state index contributed by atoms with van der Waals surface area (Å²) in [6, 6.07) is 93.3. The van der Waals surface area contributed by atoms with Gasteiger partial charge in [0, 0.05) is 11.3 Å². The minimum atomic E-state index is 0.924. The fourth-order valence-electron chi connectivity index (χ4n) is 11.3. The fourth-order valence-corrected chi connectivity index (χ4v) is 11.3. The first-order valence-electron chi connectivity index (χ1n) is 23.8. The molecule has 0 atom stereocenters. The molecule has 2 heteroatoms. The van der Waals surface area contributed by atoms with Gasteiger partial charge in [-0.25, -0.2) is 4.98 Å². The van der Waals surface area contributed by atoms with E-state index in [9.17, 15) is 0 Å². The van der Waals surface area contributed by atoms with Gasteiger partial charge in [-0.2, -0.15) is 0 Å². The highest BCUT2D eigenvalue weighted by Gasteiger charge is 2.21. The highest BCUT2D eigenvalue weighted by atomic mass is 15.1. The smallest absolute Gasteiger partial charge is 0.145 e. The second-order valence-electron chi connectivity index (χ2n) is 18.2. The van der Waals surface area contributed by atoms with E-state index in [0.717, 1.165) is 33.7 Å². The number of hydrogen-bond donors (Lipinski definition) is 0. The van der Waals surface area contributed by atoms with Crippen molar-refractivity contribution in [2.75, 3.05) is 0 Å². The SMILES string of the molecule is c1ccc(-n2c(-c3cccc(-c4c5ccccc5c(-c5ccc6cc(-c7c8ccccc8c(-c8ccc9ccccc9c8)c8ccccc78)ccc6c5)c5ccccc45)c3)nc3ccccc32)cc1. The first-order valence-corrected chi connectivity index (χ1v) is 23.8. The maximum atomic E-state index is 5.23. The molecule has 0 unspecified atom stereocenters. The summed E-state index contributed by atoms with van der Waals surface area (Å²) in [4.78, 5) is 5.23. The van der Waals surface area contributed by atoms with Crippen molar-refractivity contribution in [3.8, 4) is 61.6 Å². The van der Waals surface area contributed by atoms with Gasteiger partial charge in [0.25, 0.3) is 0 Å². The van der Waals surface area contributed by atoms with Crippen molar-refractivity contribution < 1.29 is 0 Å². The highest BCUT2D eigenvalue weighted by molar-refractivity contribution is 6.23.